The number of amides is 2. The Kier molecular flexibility index (Phi) is 5.54. The molecule has 1 aliphatic rings. The third-order valence-corrected chi connectivity index (χ3v) is 3.49. The average Bonchev–Trinajstić information content (AvgIpc) is 2.54. The molecule has 0 saturated carbocycles. The number of carbonyl (C=O) groups is 2. The van der Waals surface area contributed by atoms with Gasteiger partial charge in [-0.25, -0.2) is 4.79 Å². The lowest BCUT2D eigenvalue weighted by Gasteiger charge is -2.31. The standard InChI is InChI=1S/C15H21N3O3/c1-2-21-15(20)18-9-5-6-12(11-18)14(19)17-10-13-7-3-4-8-16-13/h3-4,7-8,12H,2,5-6,9-11H2,1H3,(H,17,19). The van der Waals surface area contributed by atoms with E-state index in [0.29, 0.717) is 26.2 Å². The molecule has 1 aliphatic heterocycles. The van der Waals surface area contributed by atoms with Gasteiger partial charge in [-0.3, -0.25) is 9.78 Å². The second-order valence-electron chi connectivity index (χ2n) is 5.02. The zero-order valence-corrected chi connectivity index (χ0v) is 12.2. The van der Waals surface area contributed by atoms with Crippen LogP contribution in [0.15, 0.2) is 24.4 Å². The predicted octanol–water partition coefficient (Wildman–Crippen LogP) is 1.57. The van der Waals surface area contributed by atoms with Crippen LogP contribution < -0.4 is 5.32 Å². The van der Waals surface area contributed by atoms with Crippen molar-refractivity contribution < 1.29 is 14.3 Å². The van der Waals surface area contributed by atoms with Crippen LogP contribution in [0.25, 0.3) is 0 Å². The smallest absolute Gasteiger partial charge is 0.409 e. The number of piperidine rings is 1. The van der Waals surface area contributed by atoms with Crippen LogP contribution in [-0.4, -0.2) is 41.6 Å². The van der Waals surface area contributed by atoms with Crippen LogP contribution in [0.1, 0.15) is 25.5 Å². The molecule has 6 heteroatoms. The van der Waals surface area contributed by atoms with Crippen molar-refractivity contribution in [2.75, 3.05) is 19.7 Å². The number of hydrogen-bond acceptors (Lipinski definition) is 4. The van der Waals surface area contributed by atoms with Gasteiger partial charge in [-0.05, 0) is 31.9 Å². The molecule has 6 nitrogen and oxygen atoms in total. The molecule has 114 valence electrons. The summed E-state index contributed by atoms with van der Waals surface area (Å²) in [5.74, 6) is -0.207. The van der Waals surface area contributed by atoms with Crippen LogP contribution in [0.2, 0.25) is 0 Å². The lowest BCUT2D eigenvalue weighted by atomic mass is 9.97. The summed E-state index contributed by atoms with van der Waals surface area (Å²) in [4.78, 5) is 29.7. The Morgan fingerprint density at radius 1 is 1.48 bits per heavy atom. The van der Waals surface area contributed by atoms with Crippen LogP contribution in [0.3, 0.4) is 0 Å². The van der Waals surface area contributed by atoms with Gasteiger partial charge in [0.15, 0.2) is 0 Å². The van der Waals surface area contributed by atoms with Crippen LogP contribution in [0.4, 0.5) is 4.79 Å². The van der Waals surface area contributed by atoms with Gasteiger partial charge >= 0.3 is 6.09 Å². The third kappa shape index (κ3) is 4.44. The third-order valence-electron chi connectivity index (χ3n) is 3.49. The maximum atomic E-state index is 12.2. The van der Waals surface area contributed by atoms with E-state index in [9.17, 15) is 9.59 Å². The first-order chi connectivity index (χ1) is 10.2. The molecule has 1 atom stereocenters. The van der Waals surface area contributed by atoms with Crippen LogP contribution in [0, 0.1) is 5.92 Å². The van der Waals surface area contributed by atoms with Gasteiger partial charge in [-0.15, -0.1) is 0 Å². The van der Waals surface area contributed by atoms with Gasteiger partial charge < -0.3 is 15.0 Å². The lowest BCUT2D eigenvalue weighted by molar-refractivity contribution is -0.126. The number of nitrogens with one attached hydrogen (secondary N) is 1. The van der Waals surface area contributed by atoms with Crippen LogP contribution in [-0.2, 0) is 16.1 Å². The molecule has 1 aromatic heterocycles. The highest BCUT2D eigenvalue weighted by atomic mass is 16.6. The number of carbonyl (C=O) groups excluding carboxylic acids is 2. The number of nitrogens with zero attached hydrogens (tertiary/aromatic N) is 2. The SMILES string of the molecule is CCOC(=O)N1CCCC(C(=O)NCc2ccccn2)C1. The van der Waals surface area contributed by atoms with Crippen molar-refractivity contribution in [1.82, 2.24) is 15.2 Å². The van der Waals surface area contributed by atoms with E-state index >= 15 is 0 Å². The van der Waals surface area contributed by atoms with Crippen molar-refractivity contribution in [2.24, 2.45) is 5.92 Å². The zero-order chi connectivity index (χ0) is 15.1. The fraction of sp³-hybridized carbons (Fsp3) is 0.533. The molecule has 0 radical (unpaired) electrons. The number of likely N-dealkylation sites (tertiary alicyclic amines) is 1. The largest absolute Gasteiger partial charge is 0.450 e. The topological polar surface area (TPSA) is 71.5 Å². The fourth-order valence-electron chi connectivity index (χ4n) is 2.40. The molecule has 1 aromatic rings. The Balaban J connectivity index is 1.83. The van der Waals surface area contributed by atoms with E-state index in [1.165, 1.54) is 0 Å². The van der Waals surface area contributed by atoms with Gasteiger partial charge in [0.1, 0.15) is 0 Å². The van der Waals surface area contributed by atoms with E-state index in [2.05, 4.69) is 10.3 Å². The highest BCUT2D eigenvalue weighted by Gasteiger charge is 2.28. The van der Waals surface area contributed by atoms with E-state index in [1.807, 2.05) is 18.2 Å². The van der Waals surface area contributed by atoms with Gasteiger partial charge in [-0.2, -0.15) is 0 Å². The molecule has 2 amide bonds. The normalized spacial score (nSPS) is 18.1. The van der Waals surface area contributed by atoms with Crippen molar-refractivity contribution >= 4 is 12.0 Å². The molecule has 0 aromatic carbocycles. The Morgan fingerprint density at radius 3 is 3.05 bits per heavy atom. The highest BCUT2D eigenvalue weighted by Crippen LogP contribution is 2.17. The maximum Gasteiger partial charge on any atom is 0.409 e. The first-order valence-corrected chi connectivity index (χ1v) is 7.30. The first-order valence-electron chi connectivity index (χ1n) is 7.30. The second kappa shape index (κ2) is 7.61. The minimum atomic E-state index is -0.334. The Hall–Kier alpha value is -2.11. The maximum absolute atomic E-state index is 12.2. The van der Waals surface area contributed by atoms with Gasteiger partial charge in [-0.1, -0.05) is 6.07 Å². The lowest BCUT2D eigenvalue weighted by Crippen LogP contribution is -2.45. The number of hydrogen-bond donors (Lipinski definition) is 1. The molecular formula is C15H21N3O3. The van der Waals surface area contributed by atoms with E-state index in [-0.39, 0.29) is 17.9 Å². The van der Waals surface area contributed by atoms with Crippen molar-refractivity contribution in [3.05, 3.63) is 30.1 Å². The molecule has 0 bridgehead atoms. The Labute approximate surface area is 124 Å². The molecule has 21 heavy (non-hydrogen) atoms. The van der Waals surface area contributed by atoms with E-state index in [1.54, 1.807) is 18.0 Å². The van der Waals surface area contributed by atoms with Gasteiger partial charge in [0.25, 0.3) is 0 Å². The first kappa shape index (κ1) is 15.3. The number of ether oxygens (including phenoxy) is 1. The molecule has 1 saturated heterocycles. The summed E-state index contributed by atoms with van der Waals surface area (Å²) in [5, 5.41) is 2.88. The second-order valence-corrected chi connectivity index (χ2v) is 5.02. The number of rotatable bonds is 4. The average molecular weight is 291 g/mol. The van der Waals surface area contributed by atoms with Crippen molar-refractivity contribution in [2.45, 2.75) is 26.3 Å². The molecule has 0 spiro atoms. The van der Waals surface area contributed by atoms with E-state index < -0.39 is 0 Å². The van der Waals surface area contributed by atoms with Crippen LogP contribution >= 0.6 is 0 Å². The van der Waals surface area contributed by atoms with Gasteiger partial charge in [0.05, 0.1) is 24.8 Å². The zero-order valence-electron chi connectivity index (χ0n) is 12.2. The summed E-state index contributed by atoms with van der Waals surface area (Å²) in [5.41, 5.74) is 0.823. The monoisotopic (exact) mass is 291 g/mol. The Morgan fingerprint density at radius 2 is 2.33 bits per heavy atom. The Bertz CT molecular complexity index is 478. The molecule has 0 aliphatic carbocycles. The number of aromatic nitrogens is 1. The summed E-state index contributed by atoms with van der Waals surface area (Å²) in [6.45, 7) is 3.62. The minimum Gasteiger partial charge on any atom is -0.450 e. The van der Waals surface area contributed by atoms with E-state index in [4.69, 9.17) is 4.74 Å². The van der Waals surface area contributed by atoms with Gasteiger partial charge in [0, 0.05) is 19.3 Å². The predicted molar refractivity (Wildman–Crippen MR) is 77.4 cm³/mol. The van der Waals surface area contributed by atoms with Crippen molar-refractivity contribution in [1.29, 1.82) is 0 Å². The van der Waals surface area contributed by atoms with Crippen LogP contribution in [0.5, 0.6) is 0 Å². The van der Waals surface area contributed by atoms with Gasteiger partial charge in [0.2, 0.25) is 5.91 Å². The molecule has 1 N–H and O–H groups in total. The quantitative estimate of drug-likeness (QED) is 0.914. The molecular weight excluding hydrogens is 270 g/mol. The van der Waals surface area contributed by atoms with Crippen molar-refractivity contribution in [3.8, 4) is 0 Å². The molecule has 1 fully saturated rings. The summed E-state index contributed by atoms with van der Waals surface area (Å²) >= 11 is 0. The molecule has 1 unspecified atom stereocenters. The van der Waals surface area contributed by atoms with E-state index in [0.717, 1.165) is 18.5 Å². The number of pyridine rings is 1. The highest BCUT2D eigenvalue weighted by molar-refractivity contribution is 5.79. The van der Waals surface area contributed by atoms with Crippen molar-refractivity contribution in [3.63, 3.8) is 0 Å². The molecule has 2 heterocycles. The fourth-order valence-corrected chi connectivity index (χ4v) is 2.40. The summed E-state index contributed by atoms with van der Waals surface area (Å²) in [6.07, 6.45) is 2.98. The summed E-state index contributed by atoms with van der Waals surface area (Å²) in [6, 6.07) is 5.59. The molecule has 2 rings (SSSR count). The summed E-state index contributed by atoms with van der Waals surface area (Å²) in [7, 11) is 0. The summed E-state index contributed by atoms with van der Waals surface area (Å²) < 4.78 is 4.98. The minimum absolute atomic E-state index is 0.0327.